The molecule has 0 amide bonds. The highest BCUT2D eigenvalue weighted by Gasteiger charge is 2.23. The number of benzene rings is 6. The molecule has 7 rings (SSSR count). The molecule has 0 saturated heterocycles. The highest BCUT2D eigenvalue weighted by atomic mass is 16.5. The van der Waals surface area contributed by atoms with Crippen LogP contribution >= 0.6 is 0 Å². The predicted molar refractivity (Wildman–Crippen MR) is 163 cm³/mol. The largest absolute Gasteiger partial charge is 0.453 e. The molecule has 0 atom stereocenters. The average Bonchev–Trinajstić information content (AvgIpc) is 3.02. The van der Waals surface area contributed by atoms with Crippen molar-refractivity contribution < 1.29 is 4.74 Å². The topological polar surface area (TPSA) is 12.5 Å². The van der Waals surface area contributed by atoms with E-state index in [2.05, 4.69) is 145 Å². The van der Waals surface area contributed by atoms with Crippen LogP contribution in [0.15, 0.2) is 146 Å². The second kappa shape index (κ2) is 9.66. The van der Waals surface area contributed by atoms with E-state index in [0.717, 1.165) is 22.9 Å². The summed E-state index contributed by atoms with van der Waals surface area (Å²) in [5, 5.41) is 0. The van der Waals surface area contributed by atoms with Crippen molar-refractivity contribution >= 4 is 11.4 Å². The Morgan fingerprint density at radius 2 is 0.667 bits per heavy atom. The maximum absolute atomic E-state index is 6.34. The summed E-state index contributed by atoms with van der Waals surface area (Å²) in [5.41, 5.74) is 11.7. The van der Waals surface area contributed by atoms with Gasteiger partial charge in [-0.3, -0.25) is 0 Å². The van der Waals surface area contributed by atoms with Crippen molar-refractivity contribution in [2.75, 3.05) is 11.9 Å². The van der Waals surface area contributed by atoms with Crippen molar-refractivity contribution in [2.24, 2.45) is 0 Å². The third-order valence-electron chi connectivity index (χ3n) is 7.51. The second-order valence-corrected chi connectivity index (χ2v) is 9.91. The highest BCUT2D eigenvalue weighted by molar-refractivity contribution is 5.85. The normalized spacial score (nSPS) is 11.9. The van der Waals surface area contributed by atoms with Crippen molar-refractivity contribution in [3.63, 3.8) is 0 Å². The second-order valence-electron chi connectivity index (χ2n) is 9.91. The van der Waals surface area contributed by atoms with Gasteiger partial charge in [-0.25, -0.2) is 0 Å². The van der Waals surface area contributed by atoms with Crippen molar-refractivity contribution in [1.29, 1.82) is 0 Å². The number of nitrogens with zero attached hydrogens (tertiary/aromatic N) is 1. The highest BCUT2D eigenvalue weighted by Crippen LogP contribution is 2.48. The minimum absolute atomic E-state index is 0.870. The Balaban J connectivity index is 1.17. The number of hydrogen-bond donors (Lipinski definition) is 0. The summed E-state index contributed by atoms with van der Waals surface area (Å²) in [5.74, 6) is 1.74. The molecule has 0 N–H and O–H groups in total. The molecule has 2 nitrogen and oxygen atoms in total. The molecule has 6 aromatic rings. The Morgan fingerprint density at radius 1 is 0.359 bits per heavy atom. The van der Waals surface area contributed by atoms with Crippen LogP contribution in [0.2, 0.25) is 0 Å². The smallest absolute Gasteiger partial charge is 0.151 e. The molecule has 1 aliphatic rings. The number of ether oxygens (including phenoxy) is 1. The molecule has 1 aliphatic heterocycles. The van der Waals surface area contributed by atoms with E-state index in [1.807, 2.05) is 12.1 Å². The van der Waals surface area contributed by atoms with Crippen LogP contribution in [0.3, 0.4) is 0 Å². The van der Waals surface area contributed by atoms with Crippen molar-refractivity contribution in [1.82, 2.24) is 0 Å². The van der Waals surface area contributed by atoms with Crippen LogP contribution in [0, 0.1) is 0 Å². The quantitative estimate of drug-likeness (QED) is 0.238. The van der Waals surface area contributed by atoms with Gasteiger partial charge in [-0.2, -0.15) is 0 Å². The zero-order valence-electron chi connectivity index (χ0n) is 21.7. The third kappa shape index (κ3) is 4.36. The lowest BCUT2D eigenvalue weighted by Gasteiger charge is -2.30. The molecule has 0 fully saturated rings. The molecular weight excluding hydrogens is 474 g/mol. The van der Waals surface area contributed by atoms with Gasteiger partial charge < -0.3 is 9.64 Å². The number of hydrogen-bond acceptors (Lipinski definition) is 2. The molecule has 1 heterocycles. The fourth-order valence-corrected chi connectivity index (χ4v) is 5.31. The van der Waals surface area contributed by atoms with Crippen molar-refractivity contribution in [2.45, 2.75) is 0 Å². The SMILES string of the molecule is CN1c2cc(-c3ccc(-c4ccccc4)cc3)ccc2Oc2ccc(-c3ccc(-c4ccccc4)cc3)cc21. The van der Waals surface area contributed by atoms with E-state index >= 15 is 0 Å². The minimum atomic E-state index is 0.870. The predicted octanol–water partition coefficient (Wildman–Crippen LogP) is 10.2. The molecule has 0 saturated carbocycles. The molecule has 186 valence electrons. The van der Waals surface area contributed by atoms with Gasteiger partial charge in [0.2, 0.25) is 0 Å². The van der Waals surface area contributed by atoms with E-state index in [9.17, 15) is 0 Å². The van der Waals surface area contributed by atoms with Crippen LogP contribution in [-0.2, 0) is 0 Å². The molecule has 0 unspecified atom stereocenters. The lowest BCUT2D eigenvalue weighted by Crippen LogP contribution is -2.15. The summed E-state index contributed by atoms with van der Waals surface area (Å²) >= 11 is 0. The molecule has 0 aromatic heterocycles. The summed E-state index contributed by atoms with van der Waals surface area (Å²) in [7, 11) is 2.12. The zero-order valence-corrected chi connectivity index (χ0v) is 21.7. The Bertz CT molecular complexity index is 1620. The van der Waals surface area contributed by atoms with Gasteiger partial charge in [0, 0.05) is 7.05 Å². The maximum Gasteiger partial charge on any atom is 0.151 e. The summed E-state index contributed by atoms with van der Waals surface area (Å²) in [4.78, 5) is 2.23. The monoisotopic (exact) mass is 501 g/mol. The van der Waals surface area contributed by atoms with Crippen LogP contribution in [0.5, 0.6) is 11.5 Å². The Kier molecular flexibility index (Phi) is 5.71. The van der Waals surface area contributed by atoms with Gasteiger partial charge in [-0.15, -0.1) is 0 Å². The van der Waals surface area contributed by atoms with Gasteiger partial charge in [-0.05, 0) is 68.8 Å². The molecule has 2 heteroatoms. The van der Waals surface area contributed by atoms with Gasteiger partial charge in [-0.1, -0.05) is 121 Å². The summed E-state index contributed by atoms with van der Waals surface area (Å²) < 4.78 is 6.34. The molecule has 39 heavy (non-hydrogen) atoms. The first-order valence-corrected chi connectivity index (χ1v) is 13.2. The Morgan fingerprint density at radius 3 is 1.05 bits per heavy atom. The lowest BCUT2D eigenvalue weighted by molar-refractivity contribution is 0.475. The van der Waals surface area contributed by atoms with Gasteiger partial charge in [0.05, 0.1) is 11.4 Å². The fourth-order valence-electron chi connectivity index (χ4n) is 5.31. The molecule has 0 spiro atoms. The van der Waals surface area contributed by atoms with E-state index in [0.29, 0.717) is 0 Å². The minimum Gasteiger partial charge on any atom is -0.453 e. The van der Waals surface area contributed by atoms with Gasteiger partial charge >= 0.3 is 0 Å². The van der Waals surface area contributed by atoms with E-state index < -0.39 is 0 Å². The first-order chi connectivity index (χ1) is 19.2. The van der Waals surface area contributed by atoms with Crippen LogP contribution in [0.1, 0.15) is 0 Å². The van der Waals surface area contributed by atoms with Gasteiger partial charge in [0.1, 0.15) is 0 Å². The van der Waals surface area contributed by atoms with E-state index in [-0.39, 0.29) is 0 Å². The molecule has 0 aliphatic carbocycles. The van der Waals surface area contributed by atoms with Crippen LogP contribution < -0.4 is 9.64 Å². The summed E-state index contributed by atoms with van der Waals surface area (Å²) in [6, 6.07) is 51.4. The average molecular weight is 502 g/mol. The number of anilines is 2. The van der Waals surface area contributed by atoms with E-state index in [4.69, 9.17) is 4.74 Å². The van der Waals surface area contributed by atoms with Crippen molar-refractivity contribution in [3.05, 3.63) is 146 Å². The fraction of sp³-hybridized carbons (Fsp3) is 0.0270. The molecule has 0 radical (unpaired) electrons. The Hall–Kier alpha value is -5.08. The standard InChI is InChI=1S/C37H27NO/c1-38-34-24-32(30-16-12-28(13-17-30)26-8-4-2-5-9-26)20-22-36(34)39-37-23-21-33(25-35(37)38)31-18-14-29(15-19-31)27-10-6-3-7-11-27/h2-25H,1H3. The molecule has 0 bridgehead atoms. The first kappa shape index (κ1) is 23.1. The third-order valence-corrected chi connectivity index (χ3v) is 7.51. The van der Waals surface area contributed by atoms with Gasteiger partial charge in [0.25, 0.3) is 0 Å². The van der Waals surface area contributed by atoms with Gasteiger partial charge in [0.15, 0.2) is 11.5 Å². The van der Waals surface area contributed by atoms with Crippen LogP contribution in [0.4, 0.5) is 11.4 Å². The summed E-state index contributed by atoms with van der Waals surface area (Å²) in [6.45, 7) is 0. The lowest BCUT2D eigenvalue weighted by atomic mass is 9.98. The van der Waals surface area contributed by atoms with E-state index in [1.165, 1.54) is 44.5 Å². The molecule has 6 aromatic carbocycles. The Labute approximate surface area is 229 Å². The summed E-state index contributed by atoms with van der Waals surface area (Å²) in [6.07, 6.45) is 0. The van der Waals surface area contributed by atoms with Crippen molar-refractivity contribution in [3.8, 4) is 56.0 Å². The van der Waals surface area contributed by atoms with Crippen LogP contribution in [0.25, 0.3) is 44.5 Å². The zero-order chi connectivity index (χ0) is 26.2. The van der Waals surface area contributed by atoms with E-state index in [1.54, 1.807) is 0 Å². The number of fused-ring (bicyclic) bond motifs is 2. The molecular formula is C37H27NO. The first-order valence-electron chi connectivity index (χ1n) is 13.2. The maximum atomic E-state index is 6.34. The number of rotatable bonds is 4. The van der Waals surface area contributed by atoms with Crippen LogP contribution in [-0.4, -0.2) is 7.05 Å².